The third kappa shape index (κ3) is 4.01. The molecule has 2 heterocycles. The fourth-order valence-corrected chi connectivity index (χ4v) is 3.76. The number of benzene rings is 1. The Morgan fingerprint density at radius 1 is 1.00 bits per heavy atom. The molecule has 3 rings (SSSR count). The molecule has 1 N–H and O–H groups in total. The van der Waals surface area contributed by atoms with Crippen molar-refractivity contribution < 1.29 is 4.74 Å². The van der Waals surface area contributed by atoms with E-state index in [2.05, 4.69) is 62.7 Å². The van der Waals surface area contributed by atoms with E-state index < -0.39 is 0 Å². The summed E-state index contributed by atoms with van der Waals surface area (Å²) in [6, 6.07) is 14.2. The lowest BCUT2D eigenvalue weighted by Crippen LogP contribution is -2.36. The fourth-order valence-electron chi connectivity index (χ4n) is 3.76. The van der Waals surface area contributed by atoms with Crippen LogP contribution < -0.4 is 10.1 Å². The summed E-state index contributed by atoms with van der Waals surface area (Å²) in [6.07, 6.45) is 3.10. The van der Waals surface area contributed by atoms with E-state index in [0.29, 0.717) is 0 Å². The van der Waals surface area contributed by atoms with Crippen LogP contribution in [0.15, 0.2) is 48.7 Å². The van der Waals surface area contributed by atoms with Gasteiger partial charge in [-0.3, -0.25) is 4.40 Å². The number of nitrogens with zero attached hydrogens (tertiary/aromatic N) is 2. The van der Waals surface area contributed by atoms with Crippen molar-refractivity contribution in [1.29, 1.82) is 0 Å². The molecule has 0 amide bonds. The Labute approximate surface area is 156 Å². The van der Waals surface area contributed by atoms with Crippen LogP contribution in [0.1, 0.15) is 41.0 Å². The number of hydrogen-bond acceptors (Lipinski definition) is 3. The molecule has 0 bridgehead atoms. The van der Waals surface area contributed by atoms with Crippen LogP contribution in [0, 0.1) is 5.41 Å². The van der Waals surface area contributed by atoms with Gasteiger partial charge in [0, 0.05) is 17.3 Å². The first-order valence-corrected chi connectivity index (χ1v) is 9.08. The van der Waals surface area contributed by atoms with Gasteiger partial charge >= 0.3 is 0 Å². The van der Waals surface area contributed by atoms with Crippen LogP contribution in [0.2, 0.25) is 0 Å². The molecule has 0 radical (unpaired) electrons. The third-order valence-corrected chi connectivity index (χ3v) is 4.32. The van der Waals surface area contributed by atoms with Crippen LogP contribution >= 0.6 is 0 Å². The van der Waals surface area contributed by atoms with Crippen LogP contribution in [0.3, 0.4) is 0 Å². The maximum Gasteiger partial charge on any atom is 0.139 e. The molecule has 26 heavy (non-hydrogen) atoms. The molecular weight excluding hydrogens is 322 g/mol. The number of pyridine rings is 1. The van der Waals surface area contributed by atoms with Gasteiger partial charge < -0.3 is 10.1 Å². The van der Waals surface area contributed by atoms with E-state index in [-0.39, 0.29) is 11.0 Å². The second-order valence-corrected chi connectivity index (χ2v) is 8.71. The monoisotopic (exact) mass is 351 g/mol. The van der Waals surface area contributed by atoms with E-state index in [1.807, 2.05) is 30.3 Å². The van der Waals surface area contributed by atoms with E-state index in [1.165, 1.54) is 0 Å². The first kappa shape index (κ1) is 18.3. The summed E-state index contributed by atoms with van der Waals surface area (Å²) < 4.78 is 7.42. The summed E-state index contributed by atoms with van der Waals surface area (Å²) in [7, 11) is 1.68. The van der Waals surface area contributed by atoms with Crippen LogP contribution in [0.25, 0.3) is 16.9 Å². The van der Waals surface area contributed by atoms with Gasteiger partial charge in [-0.15, -0.1) is 0 Å². The zero-order valence-corrected chi connectivity index (χ0v) is 16.6. The summed E-state index contributed by atoms with van der Waals surface area (Å²) in [4.78, 5) is 4.88. The molecule has 2 aromatic heterocycles. The number of nitrogens with one attached hydrogen (secondary N) is 1. The summed E-state index contributed by atoms with van der Waals surface area (Å²) in [5.41, 5.74) is 3.14. The molecule has 0 fully saturated rings. The van der Waals surface area contributed by atoms with Crippen LogP contribution in [-0.2, 0) is 0 Å². The van der Waals surface area contributed by atoms with E-state index >= 15 is 0 Å². The highest BCUT2D eigenvalue weighted by atomic mass is 16.5. The van der Waals surface area contributed by atoms with Crippen molar-refractivity contribution in [2.45, 2.75) is 46.6 Å². The number of imidazole rings is 1. The van der Waals surface area contributed by atoms with Gasteiger partial charge in [-0.1, -0.05) is 26.8 Å². The van der Waals surface area contributed by atoms with Gasteiger partial charge in [0.2, 0.25) is 0 Å². The number of anilines is 1. The first-order chi connectivity index (χ1) is 12.2. The number of methoxy groups -OCH3 is 1. The first-order valence-electron chi connectivity index (χ1n) is 9.08. The maximum absolute atomic E-state index is 5.29. The van der Waals surface area contributed by atoms with E-state index in [1.54, 1.807) is 7.11 Å². The minimum atomic E-state index is -0.0642. The average molecular weight is 351 g/mol. The Hall–Kier alpha value is -2.49. The quantitative estimate of drug-likeness (QED) is 0.647. The second-order valence-electron chi connectivity index (χ2n) is 8.71. The average Bonchev–Trinajstić information content (AvgIpc) is 2.91. The minimum absolute atomic E-state index is 0.0642. The lowest BCUT2D eigenvalue weighted by Gasteiger charge is -2.34. The molecule has 0 aliphatic rings. The molecule has 4 heteroatoms. The van der Waals surface area contributed by atoms with Gasteiger partial charge in [-0.2, -0.15) is 0 Å². The summed E-state index contributed by atoms with van der Waals surface area (Å²) in [5.74, 6) is 1.88. The molecule has 0 spiro atoms. The van der Waals surface area contributed by atoms with E-state index in [0.717, 1.165) is 34.9 Å². The predicted molar refractivity (Wildman–Crippen MR) is 109 cm³/mol. The lowest BCUT2D eigenvalue weighted by atomic mass is 9.82. The molecule has 3 aromatic rings. The SMILES string of the molecule is COc1ccc(-c2nc3ccccn3c2NC(C)(C)CC(C)(C)C)cc1. The van der Waals surface area contributed by atoms with Crippen molar-refractivity contribution in [3.63, 3.8) is 0 Å². The predicted octanol–water partition coefficient (Wildman–Crippen LogP) is 5.64. The molecule has 0 saturated heterocycles. The van der Waals surface area contributed by atoms with Crippen LogP contribution in [-0.4, -0.2) is 22.0 Å². The third-order valence-electron chi connectivity index (χ3n) is 4.32. The van der Waals surface area contributed by atoms with Gasteiger partial charge in [0.1, 0.15) is 22.9 Å². The highest BCUT2D eigenvalue weighted by Gasteiger charge is 2.28. The zero-order chi connectivity index (χ0) is 18.9. The van der Waals surface area contributed by atoms with E-state index in [9.17, 15) is 0 Å². The lowest BCUT2D eigenvalue weighted by molar-refractivity contribution is 0.302. The Kier molecular flexibility index (Phi) is 4.70. The van der Waals surface area contributed by atoms with Gasteiger partial charge in [0.05, 0.1) is 7.11 Å². The van der Waals surface area contributed by atoms with Gasteiger partial charge in [-0.25, -0.2) is 4.98 Å². The topological polar surface area (TPSA) is 38.6 Å². The number of fused-ring (bicyclic) bond motifs is 1. The van der Waals surface area contributed by atoms with Crippen molar-refractivity contribution in [3.05, 3.63) is 48.7 Å². The van der Waals surface area contributed by atoms with Crippen LogP contribution in [0.5, 0.6) is 5.75 Å². The Morgan fingerprint density at radius 3 is 2.31 bits per heavy atom. The number of rotatable bonds is 5. The molecule has 1 aromatic carbocycles. The summed E-state index contributed by atoms with van der Waals surface area (Å²) in [5, 5.41) is 3.76. The standard InChI is InChI=1S/C22H29N3O/c1-21(2,3)15-22(4,5)24-20-19(16-10-12-17(26-6)13-11-16)23-18-9-7-8-14-25(18)20/h7-14,24H,15H2,1-6H3. The highest BCUT2D eigenvalue weighted by Crippen LogP contribution is 2.35. The van der Waals surface area contributed by atoms with Crippen molar-refractivity contribution in [1.82, 2.24) is 9.38 Å². The number of aromatic nitrogens is 2. The molecule has 138 valence electrons. The molecule has 0 atom stereocenters. The molecule has 0 aliphatic heterocycles. The van der Waals surface area contributed by atoms with Crippen molar-refractivity contribution in [3.8, 4) is 17.0 Å². The minimum Gasteiger partial charge on any atom is -0.497 e. The highest BCUT2D eigenvalue weighted by molar-refractivity contribution is 5.77. The molecule has 0 saturated carbocycles. The largest absolute Gasteiger partial charge is 0.497 e. The van der Waals surface area contributed by atoms with Gasteiger partial charge in [-0.05, 0) is 62.1 Å². The van der Waals surface area contributed by atoms with Gasteiger partial charge in [0.15, 0.2) is 0 Å². The smallest absolute Gasteiger partial charge is 0.139 e. The number of hydrogen-bond donors (Lipinski definition) is 1. The number of ether oxygens (including phenoxy) is 1. The zero-order valence-electron chi connectivity index (χ0n) is 16.6. The Bertz CT molecular complexity index is 886. The van der Waals surface area contributed by atoms with Crippen molar-refractivity contribution in [2.24, 2.45) is 5.41 Å². The summed E-state index contributed by atoms with van der Waals surface area (Å²) in [6.45, 7) is 11.3. The normalized spacial score (nSPS) is 12.4. The fraction of sp³-hybridized carbons (Fsp3) is 0.409. The molecular formula is C22H29N3O. The summed E-state index contributed by atoms with van der Waals surface area (Å²) >= 11 is 0. The Morgan fingerprint density at radius 2 is 1.69 bits per heavy atom. The molecule has 0 aliphatic carbocycles. The van der Waals surface area contributed by atoms with Crippen molar-refractivity contribution in [2.75, 3.05) is 12.4 Å². The molecule has 4 nitrogen and oxygen atoms in total. The maximum atomic E-state index is 5.29. The van der Waals surface area contributed by atoms with Crippen molar-refractivity contribution >= 4 is 11.5 Å². The second kappa shape index (κ2) is 6.67. The van der Waals surface area contributed by atoms with Gasteiger partial charge in [0.25, 0.3) is 0 Å². The van der Waals surface area contributed by atoms with Crippen LogP contribution in [0.4, 0.5) is 5.82 Å². The Balaban J connectivity index is 2.07. The molecule has 0 unspecified atom stereocenters. The van der Waals surface area contributed by atoms with E-state index in [4.69, 9.17) is 9.72 Å².